The van der Waals surface area contributed by atoms with Crippen molar-refractivity contribution in [2.45, 2.75) is 63.9 Å². The van der Waals surface area contributed by atoms with E-state index in [1.165, 1.54) is 0 Å². The predicted molar refractivity (Wildman–Crippen MR) is 108 cm³/mol. The number of aryl methyl sites for hydroxylation is 1. The summed E-state index contributed by atoms with van der Waals surface area (Å²) in [7, 11) is -3.63. The molecule has 2 aliphatic rings. The SMILES string of the molecule is Cc1ccc(S(=O)(=O)NN=C2CC3(CCN(C(=O)OC(C)(C)C)CC3)C2)cc1. The molecule has 7 nitrogen and oxygen atoms in total. The monoisotopic (exact) mass is 407 g/mol. The lowest BCUT2D eigenvalue weighted by atomic mass is 9.62. The van der Waals surface area contributed by atoms with E-state index in [1.807, 2.05) is 27.7 Å². The van der Waals surface area contributed by atoms with Crippen LogP contribution in [0, 0.1) is 12.3 Å². The van der Waals surface area contributed by atoms with Gasteiger partial charge in [-0.05, 0) is 70.9 Å². The van der Waals surface area contributed by atoms with E-state index in [2.05, 4.69) is 9.93 Å². The smallest absolute Gasteiger partial charge is 0.410 e. The Morgan fingerprint density at radius 1 is 1.14 bits per heavy atom. The summed E-state index contributed by atoms with van der Waals surface area (Å²) in [5.41, 5.74) is 1.51. The zero-order valence-corrected chi connectivity index (χ0v) is 17.8. The van der Waals surface area contributed by atoms with E-state index in [1.54, 1.807) is 29.2 Å². The van der Waals surface area contributed by atoms with E-state index in [9.17, 15) is 13.2 Å². The summed E-state index contributed by atoms with van der Waals surface area (Å²) < 4.78 is 30.1. The number of likely N-dealkylation sites (tertiary alicyclic amines) is 1. The van der Waals surface area contributed by atoms with Crippen LogP contribution in [0.3, 0.4) is 0 Å². The van der Waals surface area contributed by atoms with Crippen LogP contribution in [0.2, 0.25) is 0 Å². The maximum absolute atomic E-state index is 12.3. The highest BCUT2D eigenvalue weighted by atomic mass is 32.2. The Balaban J connectivity index is 1.50. The molecule has 0 unspecified atom stereocenters. The molecule has 0 radical (unpaired) electrons. The van der Waals surface area contributed by atoms with Crippen molar-refractivity contribution in [2.75, 3.05) is 13.1 Å². The first-order chi connectivity index (χ1) is 13.0. The highest BCUT2D eigenvalue weighted by Crippen LogP contribution is 2.47. The first kappa shape index (κ1) is 20.6. The summed E-state index contributed by atoms with van der Waals surface area (Å²) >= 11 is 0. The second-order valence-corrected chi connectivity index (χ2v) is 10.6. The zero-order valence-electron chi connectivity index (χ0n) is 17.0. The molecule has 3 rings (SSSR count). The third-order valence-electron chi connectivity index (χ3n) is 5.29. The third kappa shape index (κ3) is 4.84. The number of piperidine rings is 1. The molecule has 2 fully saturated rings. The predicted octanol–water partition coefficient (Wildman–Crippen LogP) is 3.44. The van der Waals surface area contributed by atoms with Crippen LogP contribution in [0.1, 0.15) is 52.0 Å². The molecule has 1 amide bonds. The van der Waals surface area contributed by atoms with E-state index in [4.69, 9.17) is 4.74 Å². The van der Waals surface area contributed by atoms with Gasteiger partial charge in [0.1, 0.15) is 5.60 Å². The van der Waals surface area contributed by atoms with Crippen LogP contribution in [0.25, 0.3) is 0 Å². The minimum absolute atomic E-state index is 0.132. The molecule has 1 aliphatic heterocycles. The molecule has 1 saturated heterocycles. The fraction of sp³-hybridized carbons (Fsp3) is 0.600. The van der Waals surface area contributed by atoms with Crippen molar-refractivity contribution in [2.24, 2.45) is 10.5 Å². The quantitative estimate of drug-likeness (QED) is 0.778. The van der Waals surface area contributed by atoms with Gasteiger partial charge in [-0.1, -0.05) is 17.7 Å². The number of sulfonamides is 1. The lowest BCUT2D eigenvalue weighted by Gasteiger charge is -2.48. The first-order valence-electron chi connectivity index (χ1n) is 9.60. The van der Waals surface area contributed by atoms with Crippen molar-refractivity contribution < 1.29 is 17.9 Å². The summed E-state index contributed by atoms with van der Waals surface area (Å²) in [5, 5.41) is 4.13. The maximum Gasteiger partial charge on any atom is 0.410 e. The van der Waals surface area contributed by atoms with E-state index in [0.29, 0.717) is 13.1 Å². The normalized spacial score (nSPS) is 19.1. The fourth-order valence-corrected chi connectivity index (χ4v) is 4.48. The maximum atomic E-state index is 12.3. The van der Waals surface area contributed by atoms with Crippen molar-refractivity contribution in [3.63, 3.8) is 0 Å². The van der Waals surface area contributed by atoms with Gasteiger partial charge in [-0.25, -0.2) is 9.63 Å². The second-order valence-electron chi connectivity index (χ2n) is 8.91. The number of hydrogen-bond acceptors (Lipinski definition) is 5. The number of rotatable bonds is 3. The lowest BCUT2D eigenvalue weighted by molar-refractivity contribution is 0.00860. The molecular weight excluding hydrogens is 378 g/mol. The van der Waals surface area contributed by atoms with Crippen LogP contribution in [0.5, 0.6) is 0 Å². The number of hydrazone groups is 1. The van der Waals surface area contributed by atoms with Gasteiger partial charge in [0, 0.05) is 18.8 Å². The summed E-state index contributed by atoms with van der Waals surface area (Å²) in [6, 6.07) is 6.68. The van der Waals surface area contributed by atoms with Crippen molar-refractivity contribution in [3.05, 3.63) is 29.8 Å². The fourth-order valence-electron chi connectivity index (χ4n) is 3.63. The van der Waals surface area contributed by atoms with E-state index in [0.717, 1.165) is 37.0 Å². The summed E-state index contributed by atoms with van der Waals surface area (Å²) in [6.07, 6.45) is 3.05. The Labute approximate surface area is 167 Å². The number of hydrogen-bond donors (Lipinski definition) is 1. The Hall–Kier alpha value is -2.09. The number of carbonyl (C=O) groups excluding carboxylic acids is 1. The van der Waals surface area contributed by atoms with E-state index in [-0.39, 0.29) is 16.4 Å². The molecule has 0 atom stereocenters. The lowest BCUT2D eigenvalue weighted by Crippen LogP contribution is -2.50. The van der Waals surface area contributed by atoms with Crippen LogP contribution in [0.4, 0.5) is 4.79 Å². The van der Waals surface area contributed by atoms with Gasteiger partial charge in [-0.15, -0.1) is 0 Å². The molecule has 8 heteroatoms. The van der Waals surface area contributed by atoms with Crippen molar-refractivity contribution in [3.8, 4) is 0 Å². The Morgan fingerprint density at radius 3 is 2.25 bits per heavy atom. The van der Waals surface area contributed by atoms with Crippen LogP contribution in [-0.4, -0.2) is 43.8 Å². The minimum Gasteiger partial charge on any atom is -0.444 e. The molecule has 1 aromatic rings. The molecule has 0 aromatic heterocycles. The van der Waals surface area contributed by atoms with Crippen molar-refractivity contribution >= 4 is 21.8 Å². The minimum atomic E-state index is -3.63. The Kier molecular flexibility index (Phi) is 5.44. The van der Waals surface area contributed by atoms with Gasteiger partial charge in [0.2, 0.25) is 0 Å². The van der Waals surface area contributed by atoms with Crippen LogP contribution in [0.15, 0.2) is 34.3 Å². The molecule has 0 bridgehead atoms. The number of nitrogens with one attached hydrogen (secondary N) is 1. The summed E-state index contributed by atoms with van der Waals surface area (Å²) in [6.45, 7) is 8.83. The topological polar surface area (TPSA) is 88.1 Å². The Bertz CT molecular complexity index is 852. The molecule has 1 aliphatic carbocycles. The van der Waals surface area contributed by atoms with Crippen molar-refractivity contribution in [1.29, 1.82) is 0 Å². The number of amides is 1. The number of carbonyl (C=O) groups is 1. The van der Waals surface area contributed by atoms with Crippen LogP contribution in [-0.2, 0) is 14.8 Å². The molecule has 154 valence electrons. The van der Waals surface area contributed by atoms with Gasteiger partial charge in [0.25, 0.3) is 10.0 Å². The molecule has 28 heavy (non-hydrogen) atoms. The van der Waals surface area contributed by atoms with Gasteiger partial charge in [0.15, 0.2) is 0 Å². The average Bonchev–Trinajstić information content (AvgIpc) is 2.57. The highest BCUT2D eigenvalue weighted by Gasteiger charge is 2.45. The van der Waals surface area contributed by atoms with Gasteiger partial charge < -0.3 is 9.64 Å². The van der Waals surface area contributed by atoms with Gasteiger partial charge in [-0.2, -0.15) is 13.5 Å². The number of ether oxygens (including phenoxy) is 1. The third-order valence-corrected chi connectivity index (χ3v) is 6.51. The number of nitrogens with zero attached hydrogens (tertiary/aromatic N) is 2. The van der Waals surface area contributed by atoms with Crippen LogP contribution >= 0.6 is 0 Å². The molecule has 1 aromatic carbocycles. The van der Waals surface area contributed by atoms with E-state index < -0.39 is 15.6 Å². The van der Waals surface area contributed by atoms with Gasteiger partial charge in [-0.3, -0.25) is 0 Å². The molecule has 1 heterocycles. The molecule has 1 saturated carbocycles. The summed E-state index contributed by atoms with van der Waals surface area (Å²) in [4.78, 5) is 16.5. The van der Waals surface area contributed by atoms with Crippen LogP contribution < -0.4 is 4.83 Å². The second kappa shape index (κ2) is 7.39. The zero-order chi connectivity index (χ0) is 20.6. The van der Waals surface area contributed by atoms with E-state index >= 15 is 0 Å². The first-order valence-corrected chi connectivity index (χ1v) is 11.1. The molecule has 1 N–H and O–H groups in total. The standard InChI is InChI=1S/C20H29N3O4S/c1-15-5-7-17(8-6-15)28(25,26)22-21-16-13-20(14-16)9-11-23(12-10-20)18(24)27-19(2,3)4/h5-8,22H,9-14H2,1-4H3. The Morgan fingerprint density at radius 2 is 1.71 bits per heavy atom. The van der Waals surface area contributed by atoms with Gasteiger partial charge in [0.05, 0.1) is 4.90 Å². The summed E-state index contributed by atoms with van der Waals surface area (Å²) in [5.74, 6) is 0. The largest absolute Gasteiger partial charge is 0.444 e. The highest BCUT2D eigenvalue weighted by molar-refractivity contribution is 7.89. The molecular formula is C20H29N3O4S. The number of benzene rings is 1. The molecule has 1 spiro atoms. The van der Waals surface area contributed by atoms with Crippen molar-refractivity contribution in [1.82, 2.24) is 9.73 Å². The van der Waals surface area contributed by atoms with Gasteiger partial charge >= 0.3 is 6.09 Å². The average molecular weight is 408 g/mol.